The fourth-order valence-electron chi connectivity index (χ4n) is 3.93. The zero-order valence-electron chi connectivity index (χ0n) is 15.8. The maximum Gasteiger partial charge on any atom is 0.249 e. The van der Waals surface area contributed by atoms with Gasteiger partial charge in [-0.05, 0) is 43.7 Å². The van der Waals surface area contributed by atoms with E-state index in [-0.39, 0.29) is 30.9 Å². The molecule has 0 saturated heterocycles. The molecule has 3 rings (SSSR count). The number of fused-ring (bicyclic) bond motifs is 1. The third kappa shape index (κ3) is 3.94. The van der Waals surface area contributed by atoms with Gasteiger partial charge in [0.25, 0.3) is 0 Å². The van der Waals surface area contributed by atoms with Crippen molar-refractivity contribution in [3.05, 3.63) is 24.0 Å². The van der Waals surface area contributed by atoms with Gasteiger partial charge in [-0.3, -0.25) is 9.59 Å². The van der Waals surface area contributed by atoms with Crippen LogP contribution in [0.4, 0.5) is 0 Å². The largest absolute Gasteiger partial charge is 0.354 e. The lowest BCUT2D eigenvalue weighted by Gasteiger charge is -2.38. The van der Waals surface area contributed by atoms with Gasteiger partial charge >= 0.3 is 0 Å². The van der Waals surface area contributed by atoms with Crippen LogP contribution in [0.5, 0.6) is 0 Å². The number of methoxy groups -OCH3 is 2. The van der Waals surface area contributed by atoms with Crippen LogP contribution in [0, 0.1) is 5.92 Å². The van der Waals surface area contributed by atoms with Crippen molar-refractivity contribution in [3.63, 3.8) is 0 Å². The van der Waals surface area contributed by atoms with Crippen LogP contribution in [0.15, 0.2) is 18.3 Å². The Labute approximate surface area is 154 Å². The average Bonchev–Trinajstić information content (AvgIpc) is 3.09. The summed E-state index contributed by atoms with van der Waals surface area (Å²) in [5.41, 5.74) is 0.831. The minimum absolute atomic E-state index is 0.106. The number of carbonyl (C=O) groups is 2. The highest BCUT2D eigenvalue weighted by molar-refractivity contribution is 5.90. The van der Waals surface area contributed by atoms with E-state index in [4.69, 9.17) is 9.47 Å². The fourth-order valence-corrected chi connectivity index (χ4v) is 3.93. The first-order chi connectivity index (χ1) is 12.5. The lowest BCUT2D eigenvalue weighted by atomic mass is 9.87. The molecular weight excluding hydrogens is 334 g/mol. The van der Waals surface area contributed by atoms with Gasteiger partial charge in [-0.25, -0.2) is 0 Å². The molecule has 0 unspecified atom stereocenters. The zero-order valence-corrected chi connectivity index (χ0v) is 15.8. The molecule has 7 nitrogen and oxygen atoms in total. The Morgan fingerprint density at radius 1 is 1.27 bits per heavy atom. The van der Waals surface area contributed by atoms with Crippen molar-refractivity contribution in [1.29, 1.82) is 0 Å². The number of aromatic nitrogens is 1. The number of ether oxygens (including phenoxy) is 2. The Hall–Kier alpha value is -1.86. The number of rotatable bonds is 6. The molecule has 1 N–H and O–H groups in total. The van der Waals surface area contributed by atoms with Crippen molar-refractivity contribution < 1.29 is 19.1 Å². The number of amides is 2. The monoisotopic (exact) mass is 363 g/mol. The smallest absolute Gasteiger partial charge is 0.249 e. The standard InChI is InChI=1S/C19H29N3O4/c1-13-6-8-14(9-7-13)20-19(24)18-15-5-4-10-21(15)11-16(23)22(18)12-17(25-2)26-3/h4-5,10,13-14,17-18H,6-9,11-12H2,1-3H3,(H,20,24)/t13?,14?,18-/m1/s1. The summed E-state index contributed by atoms with van der Waals surface area (Å²) in [4.78, 5) is 27.4. The predicted molar refractivity (Wildman–Crippen MR) is 96.3 cm³/mol. The van der Waals surface area contributed by atoms with E-state index in [9.17, 15) is 9.59 Å². The maximum atomic E-state index is 13.1. The minimum atomic E-state index is -0.654. The van der Waals surface area contributed by atoms with E-state index >= 15 is 0 Å². The average molecular weight is 363 g/mol. The van der Waals surface area contributed by atoms with Gasteiger partial charge in [-0.1, -0.05) is 6.92 Å². The highest BCUT2D eigenvalue weighted by Gasteiger charge is 2.39. The van der Waals surface area contributed by atoms with E-state index in [0.29, 0.717) is 0 Å². The van der Waals surface area contributed by atoms with Crippen LogP contribution >= 0.6 is 0 Å². The zero-order chi connectivity index (χ0) is 18.7. The third-order valence-corrected chi connectivity index (χ3v) is 5.56. The molecule has 0 aromatic carbocycles. The first kappa shape index (κ1) is 18.9. The van der Waals surface area contributed by atoms with E-state index < -0.39 is 12.3 Å². The number of nitrogens with zero attached hydrogens (tertiary/aromatic N) is 2. The number of hydrogen-bond acceptors (Lipinski definition) is 4. The third-order valence-electron chi connectivity index (χ3n) is 5.56. The lowest BCUT2D eigenvalue weighted by molar-refractivity contribution is -0.157. The topological polar surface area (TPSA) is 72.8 Å². The van der Waals surface area contributed by atoms with Crippen LogP contribution in [0.3, 0.4) is 0 Å². The first-order valence-corrected chi connectivity index (χ1v) is 9.34. The second kappa shape index (κ2) is 8.22. The molecule has 1 aliphatic carbocycles. The van der Waals surface area contributed by atoms with Crippen molar-refractivity contribution in [2.45, 2.75) is 57.5 Å². The summed E-state index contributed by atoms with van der Waals surface area (Å²) in [6.45, 7) is 2.70. The molecule has 1 saturated carbocycles. The van der Waals surface area contributed by atoms with Gasteiger partial charge in [0.2, 0.25) is 11.8 Å². The van der Waals surface area contributed by atoms with Crippen molar-refractivity contribution >= 4 is 11.8 Å². The molecule has 2 amide bonds. The predicted octanol–water partition coefficient (Wildman–Crippen LogP) is 1.69. The summed E-state index contributed by atoms with van der Waals surface area (Å²) in [5.74, 6) is 0.492. The van der Waals surface area contributed by atoms with E-state index in [0.717, 1.165) is 37.3 Å². The van der Waals surface area contributed by atoms with E-state index in [1.807, 2.05) is 22.9 Å². The molecule has 0 bridgehead atoms. The molecule has 2 heterocycles. The van der Waals surface area contributed by atoms with Gasteiger partial charge < -0.3 is 24.3 Å². The highest BCUT2D eigenvalue weighted by atomic mass is 16.7. The maximum absolute atomic E-state index is 13.1. The van der Waals surface area contributed by atoms with Crippen LogP contribution in [-0.2, 0) is 25.6 Å². The second-order valence-corrected chi connectivity index (χ2v) is 7.38. The normalized spacial score (nSPS) is 26.1. The van der Waals surface area contributed by atoms with E-state index in [1.165, 1.54) is 14.2 Å². The minimum Gasteiger partial charge on any atom is -0.354 e. The van der Waals surface area contributed by atoms with Crippen LogP contribution < -0.4 is 5.32 Å². The Morgan fingerprint density at radius 2 is 1.96 bits per heavy atom. The Kier molecular flexibility index (Phi) is 5.98. The molecule has 26 heavy (non-hydrogen) atoms. The summed E-state index contributed by atoms with van der Waals surface area (Å²) in [6, 6.07) is 3.31. The quantitative estimate of drug-likeness (QED) is 0.781. The molecule has 0 radical (unpaired) electrons. The van der Waals surface area contributed by atoms with Crippen LogP contribution in [0.25, 0.3) is 0 Å². The van der Waals surface area contributed by atoms with Gasteiger partial charge in [0.1, 0.15) is 6.54 Å². The molecule has 1 fully saturated rings. The van der Waals surface area contributed by atoms with Crippen LogP contribution in [-0.4, -0.2) is 54.4 Å². The molecule has 1 aromatic rings. The van der Waals surface area contributed by atoms with Gasteiger partial charge in [0, 0.05) is 26.5 Å². The summed E-state index contributed by atoms with van der Waals surface area (Å²) in [5, 5.41) is 3.17. The molecule has 1 atom stereocenters. The summed E-state index contributed by atoms with van der Waals surface area (Å²) < 4.78 is 12.4. The van der Waals surface area contributed by atoms with E-state index in [2.05, 4.69) is 12.2 Å². The van der Waals surface area contributed by atoms with Crippen molar-refractivity contribution in [3.8, 4) is 0 Å². The fraction of sp³-hybridized carbons (Fsp3) is 0.684. The summed E-state index contributed by atoms with van der Waals surface area (Å²) in [6.07, 6.45) is 5.53. The van der Waals surface area contributed by atoms with Crippen LogP contribution in [0.1, 0.15) is 44.3 Å². The Balaban J connectivity index is 1.79. The number of nitrogens with one attached hydrogen (secondary N) is 1. The number of carbonyl (C=O) groups excluding carboxylic acids is 2. The molecule has 2 aliphatic rings. The number of hydrogen-bond donors (Lipinski definition) is 1. The Bertz CT molecular complexity index is 632. The summed E-state index contributed by atoms with van der Waals surface area (Å²) in [7, 11) is 3.06. The van der Waals surface area contributed by atoms with Gasteiger partial charge in [0.05, 0.1) is 12.2 Å². The molecule has 0 spiro atoms. The summed E-state index contributed by atoms with van der Waals surface area (Å²) >= 11 is 0. The Morgan fingerprint density at radius 3 is 2.62 bits per heavy atom. The van der Waals surface area contributed by atoms with Gasteiger partial charge in [-0.2, -0.15) is 0 Å². The van der Waals surface area contributed by atoms with Crippen molar-refractivity contribution in [2.75, 3.05) is 20.8 Å². The molecular formula is C19H29N3O4. The van der Waals surface area contributed by atoms with E-state index in [1.54, 1.807) is 4.90 Å². The van der Waals surface area contributed by atoms with Gasteiger partial charge in [-0.15, -0.1) is 0 Å². The SMILES string of the molecule is COC(CN1C(=O)Cn2cccc2[C@@H]1C(=O)NC1CCC(C)CC1)OC. The van der Waals surface area contributed by atoms with Crippen molar-refractivity contribution in [1.82, 2.24) is 14.8 Å². The highest BCUT2D eigenvalue weighted by Crippen LogP contribution is 2.29. The lowest BCUT2D eigenvalue weighted by Crippen LogP contribution is -2.53. The molecule has 144 valence electrons. The first-order valence-electron chi connectivity index (χ1n) is 9.34. The van der Waals surface area contributed by atoms with Crippen molar-refractivity contribution in [2.24, 2.45) is 5.92 Å². The van der Waals surface area contributed by atoms with Gasteiger partial charge in [0.15, 0.2) is 12.3 Å². The molecule has 1 aliphatic heterocycles. The van der Waals surface area contributed by atoms with Crippen LogP contribution in [0.2, 0.25) is 0 Å². The second-order valence-electron chi connectivity index (χ2n) is 7.38. The molecule has 1 aromatic heterocycles. The molecule has 7 heteroatoms.